The number of hydrogen-bond donors (Lipinski definition) is 0. The van der Waals surface area contributed by atoms with Gasteiger partial charge in [0.15, 0.2) is 0 Å². The second-order valence-electron chi connectivity index (χ2n) is 7.50. The molecule has 0 aliphatic heterocycles. The molecule has 0 heterocycles. The summed E-state index contributed by atoms with van der Waals surface area (Å²) in [7, 11) is -3.43. The minimum Gasteiger partial charge on any atom is -0.219 e. The molecule has 1 atom stereocenters. The maximum atomic E-state index is 13.2. The maximum absolute atomic E-state index is 13.2. The van der Waals surface area contributed by atoms with Crippen LogP contribution in [0.25, 0.3) is 0 Å². The van der Waals surface area contributed by atoms with Crippen molar-refractivity contribution in [2.45, 2.75) is 51.9 Å². The Bertz CT molecular complexity index is 764. The Balaban J connectivity index is 2.16. The summed E-state index contributed by atoms with van der Waals surface area (Å²) < 4.78 is 26.5. The predicted molar refractivity (Wildman–Crippen MR) is 90.3 cm³/mol. The largest absolute Gasteiger partial charge is 0.219 e. The fourth-order valence-electron chi connectivity index (χ4n) is 4.06. The normalized spacial score (nSPS) is 27.1. The summed E-state index contributed by atoms with van der Waals surface area (Å²) in [5.41, 5.74) is 1.94. The van der Waals surface area contributed by atoms with Gasteiger partial charge in [-0.25, -0.2) is 8.42 Å². The summed E-state index contributed by atoms with van der Waals surface area (Å²) in [6.45, 7) is 8.34. The van der Waals surface area contributed by atoms with Gasteiger partial charge in [0.1, 0.15) is 0 Å². The number of sulfone groups is 1. The van der Waals surface area contributed by atoms with Crippen LogP contribution in [0.4, 0.5) is 0 Å². The summed E-state index contributed by atoms with van der Waals surface area (Å²) in [6, 6.07) is 7.21. The molecule has 0 unspecified atom stereocenters. The Hall–Kier alpha value is -1.35. The first-order valence-electron chi connectivity index (χ1n) is 7.90. The Morgan fingerprint density at radius 3 is 2.23 bits per heavy atom. The Kier molecular flexibility index (Phi) is 3.41. The molecule has 1 aromatic carbocycles. The second kappa shape index (κ2) is 4.82. The van der Waals surface area contributed by atoms with Crippen LogP contribution in [0.3, 0.4) is 0 Å². The van der Waals surface area contributed by atoms with Crippen molar-refractivity contribution >= 4 is 9.84 Å². The van der Waals surface area contributed by atoms with Gasteiger partial charge in [0, 0.05) is 5.41 Å². The van der Waals surface area contributed by atoms with E-state index in [-0.39, 0.29) is 10.8 Å². The van der Waals surface area contributed by atoms with Gasteiger partial charge in [0.05, 0.1) is 9.80 Å². The first-order valence-corrected chi connectivity index (χ1v) is 9.38. The van der Waals surface area contributed by atoms with Crippen molar-refractivity contribution in [2.75, 3.05) is 0 Å². The maximum Gasteiger partial charge on any atom is 0.203 e. The third kappa shape index (κ3) is 2.26. The predicted octanol–water partition coefficient (Wildman–Crippen LogP) is 4.81. The highest BCUT2D eigenvalue weighted by atomic mass is 32.2. The Morgan fingerprint density at radius 2 is 1.68 bits per heavy atom. The van der Waals surface area contributed by atoms with Gasteiger partial charge in [-0.15, -0.1) is 0 Å². The van der Waals surface area contributed by atoms with E-state index >= 15 is 0 Å². The highest BCUT2D eigenvalue weighted by molar-refractivity contribution is 7.95. The molecule has 0 bridgehead atoms. The molecule has 1 aromatic rings. The molecule has 2 nitrogen and oxygen atoms in total. The molecule has 1 spiro atoms. The van der Waals surface area contributed by atoms with Crippen molar-refractivity contribution in [3.63, 3.8) is 0 Å². The molecule has 2 aliphatic rings. The highest BCUT2D eigenvalue weighted by Crippen LogP contribution is 2.59. The lowest BCUT2D eigenvalue weighted by atomic mass is 9.76. The summed E-state index contributed by atoms with van der Waals surface area (Å²) >= 11 is 0. The zero-order chi connectivity index (χ0) is 16.2. The first kappa shape index (κ1) is 15.5. The van der Waals surface area contributed by atoms with E-state index in [9.17, 15) is 8.42 Å². The molecule has 118 valence electrons. The monoisotopic (exact) mass is 316 g/mol. The van der Waals surface area contributed by atoms with Crippen LogP contribution in [0.1, 0.15) is 45.6 Å². The standard InChI is InChI=1S/C19H24O2S/c1-14-7-9-16(10-8-14)22(20,21)17-12-18(3,4)13-19(17)11-5-6-15(19)2/h6-10,12H,5,11,13H2,1-4H3/t19-/m1/s1. The number of hydrogen-bond acceptors (Lipinski definition) is 2. The van der Waals surface area contributed by atoms with E-state index in [1.54, 1.807) is 12.1 Å². The molecule has 0 saturated heterocycles. The van der Waals surface area contributed by atoms with Gasteiger partial charge in [0.2, 0.25) is 9.84 Å². The minimum absolute atomic E-state index is 0.0768. The molecule has 0 N–H and O–H groups in total. The number of benzene rings is 1. The molecule has 3 heteroatoms. The first-order chi connectivity index (χ1) is 10.2. The van der Waals surface area contributed by atoms with Crippen molar-refractivity contribution in [3.8, 4) is 0 Å². The summed E-state index contributed by atoms with van der Waals surface area (Å²) in [6.07, 6.45) is 7.00. The summed E-state index contributed by atoms with van der Waals surface area (Å²) in [5, 5.41) is 0. The third-order valence-corrected chi connectivity index (χ3v) is 7.13. The van der Waals surface area contributed by atoms with Crippen LogP contribution in [0.5, 0.6) is 0 Å². The van der Waals surface area contributed by atoms with Gasteiger partial charge in [-0.05, 0) is 50.7 Å². The lowest BCUT2D eigenvalue weighted by Crippen LogP contribution is -2.25. The van der Waals surface area contributed by atoms with Crippen LogP contribution in [0.15, 0.2) is 51.8 Å². The van der Waals surface area contributed by atoms with Crippen molar-refractivity contribution in [3.05, 3.63) is 52.5 Å². The van der Waals surface area contributed by atoms with Crippen LogP contribution in [-0.4, -0.2) is 8.42 Å². The smallest absolute Gasteiger partial charge is 0.203 e. The molecule has 0 radical (unpaired) electrons. The van der Waals surface area contributed by atoms with E-state index < -0.39 is 9.84 Å². The Labute approximate surface area is 133 Å². The van der Waals surface area contributed by atoms with E-state index in [1.807, 2.05) is 25.1 Å². The molecule has 0 saturated carbocycles. The zero-order valence-electron chi connectivity index (χ0n) is 13.8. The number of aryl methyl sites for hydroxylation is 1. The summed E-state index contributed by atoms with van der Waals surface area (Å²) in [5.74, 6) is 0. The van der Waals surface area contributed by atoms with Crippen LogP contribution in [-0.2, 0) is 9.84 Å². The van der Waals surface area contributed by atoms with Gasteiger partial charge >= 0.3 is 0 Å². The zero-order valence-corrected chi connectivity index (χ0v) is 14.6. The topological polar surface area (TPSA) is 34.1 Å². The lowest BCUT2D eigenvalue weighted by Gasteiger charge is -2.31. The lowest BCUT2D eigenvalue weighted by molar-refractivity contribution is 0.322. The van der Waals surface area contributed by atoms with Crippen LogP contribution in [0.2, 0.25) is 0 Å². The highest BCUT2D eigenvalue weighted by Gasteiger charge is 2.51. The summed E-state index contributed by atoms with van der Waals surface area (Å²) in [4.78, 5) is 1.04. The SMILES string of the molecule is CC1=CCC[C@@]12CC(C)(C)C=C2S(=O)(=O)c1ccc(C)cc1. The van der Waals surface area contributed by atoms with Crippen molar-refractivity contribution in [2.24, 2.45) is 10.8 Å². The molecule has 3 rings (SSSR count). The molecular weight excluding hydrogens is 292 g/mol. The van der Waals surface area contributed by atoms with Crippen molar-refractivity contribution in [1.82, 2.24) is 0 Å². The number of rotatable bonds is 2. The fraction of sp³-hybridized carbons (Fsp3) is 0.474. The van der Waals surface area contributed by atoms with Crippen LogP contribution >= 0.6 is 0 Å². The van der Waals surface area contributed by atoms with E-state index in [0.29, 0.717) is 9.80 Å². The molecule has 22 heavy (non-hydrogen) atoms. The molecule has 0 aromatic heterocycles. The van der Waals surface area contributed by atoms with E-state index in [2.05, 4.69) is 26.8 Å². The van der Waals surface area contributed by atoms with E-state index in [1.165, 1.54) is 5.57 Å². The van der Waals surface area contributed by atoms with Gasteiger partial charge in [-0.2, -0.15) is 0 Å². The van der Waals surface area contributed by atoms with Crippen LogP contribution in [0, 0.1) is 17.8 Å². The van der Waals surface area contributed by atoms with Gasteiger partial charge < -0.3 is 0 Å². The molecule has 0 fully saturated rings. The van der Waals surface area contributed by atoms with Gasteiger partial charge in [0.25, 0.3) is 0 Å². The quantitative estimate of drug-likeness (QED) is 0.734. The molecule has 2 aliphatic carbocycles. The van der Waals surface area contributed by atoms with Crippen molar-refractivity contribution < 1.29 is 8.42 Å². The molecular formula is C19H24O2S. The average molecular weight is 316 g/mol. The molecule has 0 amide bonds. The van der Waals surface area contributed by atoms with Gasteiger partial charge in [-0.3, -0.25) is 0 Å². The van der Waals surface area contributed by atoms with E-state index in [4.69, 9.17) is 0 Å². The van der Waals surface area contributed by atoms with Gasteiger partial charge in [-0.1, -0.05) is 49.3 Å². The second-order valence-corrected chi connectivity index (χ2v) is 9.42. The van der Waals surface area contributed by atoms with E-state index in [0.717, 1.165) is 24.8 Å². The average Bonchev–Trinajstić information content (AvgIpc) is 2.92. The van der Waals surface area contributed by atoms with Crippen molar-refractivity contribution in [1.29, 1.82) is 0 Å². The fourth-order valence-corrected chi connectivity index (χ4v) is 6.13. The minimum atomic E-state index is -3.43. The van der Waals surface area contributed by atoms with Crippen LogP contribution < -0.4 is 0 Å². The number of allylic oxidation sites excluding steroid dienone is 4. The third-order valence-electron chi connectivity index (χ3n) is 5.15. The Morgan fingerprint density at radius 1 is 1.05 bits per heavy atom.